The van der Waals surface area contributed by atoms with Crippen molar-refractivity contribution in [2.75, 3.05) is 0 Å². The maximum Gasteiger partial charge on any atom is 0.246 e. The third kappa shape index (κ3) is 6.14. The Kier molecular flexibility index (Phi) is 8.08. The van der Waals surface area contributed by atoms with Gasteiger partial charge in [-0.3, -0.25) is 4.98 Å². The second kappa shape index (κ2) is 13.8. The molecule has 0 unspecified atom stereocenters. The monoisotopic (exact) mass is 704 g/mol. The number of para-hydroxylation sites is 1. The molecule has 0 spiro atoms. The van der Waals surface area contributed by atoms with Crippen molar-refractivity contribution >= 4 is 21.9 Å². The molecule has 3 heterocycles. The fourth-order valence-corrected chi connectivity index (χ4v) is 7.31. The molecule has 10 aromatic rings. The lowest BCUT2D eigenvalue weighted by Crippen LogP contribution is -1.96. The van der Waals surface area contributed by atoms with E-state index in [1.807, 2.05) is 66.7 Å². The summed E-state index contributed by atoms with van der Waals surface area (Å²) in [7, 11) is 0. The van der Waals surface area contributed by atoms with E-state index in [0.29, 0.717) is 17.4 Å². The first kappa shape index (κ1) is 32.2. The van der Waals surface area contributed by atoms with Gasteiger partial charge in [-0.25, -0.2) is 15.0 Å². The molecule has 55 heavy (non-hydrogen) atoms. The van der Waals surface area contributed by atoms with Crippen LogP contribution in [0.3, 0.4) is 0 Å². The highest BCUT2D eigenvalue weighted by Gasteiger charge is 2.17. The second-order valence-electron chi connectivity index (χ2n) is 13.4. The van der Waals surface area contributed by atoms with E-state index in [9.17, 15) is 0 Å². The normalized spacial score (nSPS) is 11.3. The van der Waals surface area contributed by atoms with Gasteiger partial charge in [-0.15, -0.1) is 0 Å². The summed E-state index contributed by atoms with van der Waals surface area (Å²) in [5.74, 6) is 1.20. The van der Waals surface area contributed by atoms with E-state index in [2.05, 4.69) is 126 Å². The van der Waals surface area contributed by atoms with Gasteiger partial charge in [0.2, 0.25) is 5.89 Å². The molecule has 0 saturated carbocycles. The van der Waals surface area contributed by atoms with Crippen molar-refractivity contribution in [1.29, 1.82) is 0 Å². The highest BCUT2D eigenvalue weighted by molar-refractivity contribution is 6.04. The van der Waals surface area contributed by atoms with Crippen LogP contribution in [0.1, 0.15) is 0 Å². The van der Waals surface area contributed by atoms with Crippen LogP contribution in [0.4, 0.5) is 0 Å². The number of fused-ring (bicyclic) bond motifs is 2. The number of nitrogens with zero attached hydrogens (tertiary/aromatic N) is 4. The van der Waals surface area contributed by atoms with E-state index in [1.165, 1.54) is 16.3 Å². The highest BCUT2D eigenvalue weighted by atomic mass is 16.3. The van der Waals surface area contributed by atoms with Crippen LogP contribution in [0, 0.1) is 0 Å². The molecule has 0 fully saturated rings. The fraction of sp³-hybridized carbons (Fsp3) is 0. The average Bonchev–Trinajstić information content (AvgIpc) is 3.72. The third-order valence-electron chi connectivity index (χ3n) is 10.0. The minimum Gasteiger partial charge on any atom is -0.435 e. The molecule has 0 aliphatic carbocycles. The molecular weight excluding hydrogens is 673 g/mol. The summed E-state index contributed by atoms with van der Waals surface area (Å²) in [6, 6.07) is 64.9. The first-order chi connectivity index (χ1) is 27.2. The summed E-state index contributed by atoms with van der Waals surface area (Å²) in [5.41, 5.74) is 13.8. The second-order valence-corrected chi connectivity index (χ2v) is 13.4. The van der Waals surface area contributed by atoms with Crippen molar-refractivity contribution in [3.63, 3.8) is 0 Å². The number of benzene rings is 7. The van der Waals surface area contributed by atoms with Crippen LogP contribution in [-0.4, -0.2) is 19.9 Å². The molecule has 0 atom stereocenters. The molecule has 0 saturated heterocycles. The van der Waals surface area contributed by atoms with Gasteiger partial charge < -0.3 is 4.42 Å². The number of rotatable bonds is 7. The lowest BCUT2D eigenvalue weighted by atomic mass is 9.89. The first-order valence-electron chi connectivity index (χ1n) is 18.3. The Bertz CT molecular complexity index is 2880. The Balaban J connectivity index is 1.04. The Morgan fingerprint density at radius 2 is 1.00 bits per heavy atom. The Morgan fingerprint density at radius 3 is 1.69 bits per heavy atom. The van der Waals surface area contributed by atoms with Crippen molar-refractivity contribution < 1.29 is 4.42 Å². The van der Waals surface area contributed by atoms with Crippen LogP contribution in [0.2, 0.25) is 0 Å². The molecule has 10 rings (SSSR count). The van der Waals surface area contributed by atoms with Gasteiger partial charge in [-0.1, -0.05) is 164 Å². The van der Waals surface area contributed by atoms with Gasteiger partial charge in [0, 0.05) is 28.5 Å². The van der Waals surface area contributed by atoms with E-state index >= 15 is 0 Å². The van der Waals surface area contributed by atoms with Crippen LogP contribution in [0.25, 0.3) is 101 Å². The van der Waals surface area contributed by atoms with E-state index in [1.54, 1.807) is 6.20 Å². The van der Waals surface area contributed by atoms with Crippen molar-refractivity contribution in [2.24, 2.45) is 0 Å². The predicted octanol–water partition coefficient (Wildman–Crippen LogP) is 12.8. The summed E-state index contributed by atoms with van der Waals surface area (Å²) < 4.78 is 6.12. The molecular formula is C50H32N4O. The Labute approximate surface area is 318 Å². The Hall–Kier alpha value is -7.50. The van der Waals surface area contributed by atoms with E-state index in [-0.39, 0.29) is 0 Å². The molecule has 3 aromatic heterocycles. The summed E-state index contributed by atoms with van der Waals surface area (Å²) in [6.45, 7) is 0. The molecule has 258 valence electrons. The van der Waals surface area contributed by atoms with E-state index in [4.69, 9.17) is 19.4 Å². The van der Waals surface area contributed by atoms with Crippen LogP contribution >= 0.6 is 0 Å². The lowest BCUT2D eigenvalue weighted by Gasteiger charge is -2.15. The highest BCUT2D eigenvalue weighted by Crippen LogP contribution is 2.40. The third-order valence-corrected chi connectivity index (χ3v) is 10.0. The molecule has 0 aliphatic heterocycles. The van der Waals surface area contributed by atoms with Gasteiger partial charge in [0.1, 0.15) is 11.2 Å². The van der Waals surface area contributed by atoms with Crippen molar-refractivity contribution in [2.45, 2.75) is 0 Å². The van der Waals surface area contributed by atoms with Gasteiger partial charge in [0.25, 0.3) is 0 Å². The number of aromatic nitrogens is 4. The minimum atomic E-state index is 0.513. The summed E-state index contributed by atoms with van der Waals surface area (Å²) in [6.07, 6.45) is 1.75. The maximum absolute atomic E-state index is 6.12. The lowest BCUT2D eigenvalue weighted by molar-refractivity contribution is 0.617. The number of hydrogen-bond acceptors (Lipinski definition) is 5. The van der Waals surface area contributed by atoms with Gasteiger partial charge >= 0.3 is 0 Å². The molecule has 5 heteroatoms. The quantitative estimate of drug-likeness (QED) is 0.165. The van der Waals surface area contributed by atoms with Gasteiger partial charge in [-0.2, -0.15) is 0 Å². The smallest absolute Gasteiger partial charge is 0.246 e. The molecule has 0 N–H and O–H groups in total. The molecule has 0 bridgehead atoms. The Morgan fingerprint density at radius 1 is 0.382 bits per heavy atom. The zero-order chi connectivity index (χ0) is 36.6. The average molecular weight is 705 g/mol. The molecule has 0 aliphatic rings. The largest absolute Gasteiger partial charge is 0.435 e. The first-order valence-corrected chi connectivity index (χ1v) is 18.3. The molecule has 7 aromatic carbocycles. The zero-order valence-electron chi connectivity index (χ0n) is 29.7. The predicted molar refractivity (Wildman–Crippen MR) is 223 cm³/mol. The van der Waals surface area contributed by atoms with E-state index < -0.39 is 0 Å². The molecule has 0 radical (unpaired) electrons. The van der Waals surface area contributed by atoms with Crippen molar-refractivity contribution in [1.82, 2.24) is 19.9 Å². The van der Waals surface area contributed by atoms with Gasteiger partial charge in [0.15, 0.2) is 11.4 Å². The maximum atomic E-state index is 6.12. The summed E-state index contributed by atoms with van der Waals surface area (Å²) in [4.78, 5) is 19.4. The SMILES string of the molecule is c1ccc(-c2cc(-c3ccccc3)nc(-c3ccc(-c4c(-c5ccc(-c6cccc7oc(-c8ccccn8)nc67)cc5)ccc5ccccc45)cc3)n2)cc1. The fourth-order valence-electron chi connectivity index (χ4n) is 7.31. The van der Waals surface area contributed by atoms with Crippen LogP contribution in [0.5, 0.6) is 0 Å². The number of hydrogen-bond donors (Lipinski definition) is 0. The zero-order valence-corrected chi connectivity index (χ0v) is 29.7. The summed E-state index contributed by atoms with van der Waals surface area (Å²) >= 11 is 0. The standard InChI is InChI=1S/C50H32N4O/c1-3-13-36(14-4-1)44-32-45(37-15-5-2-6-16-37)53-49(52-44)39-27-25-38(26-28-39)47-40-17-8-7-12-33(40)29-30-41(47)34-21-23-35(24-22-34)42-18-11-20-46-48(42)54-50(55-46)43-19-9-10-31-51-43/h1-32H. The van der Waals surface area contributed by atoms with Crippen molar-refractivity contribution in [3.8, 4) is 78.9 Å². The van der Waals surface area contributed by atoms with Crippen LogP contribution < -0.4 is 0 Å². The van der Waals surface area contributed by atoms with Crippen molar-refractivity contribution in [3.05, 3.63) is 194 Å². The van der Waals surface area contributed by atoms with E-state index in [0.717, 1.165) is 67.0 Å². The summed E-state index contributed by atoms with van der Waals surface area (Å²) in [5, 5.41) is 2.38. The van der Waals surface area contributed by atoms with Gasteiger partial charge in [0.05, 0.1) is 11.4 Å². The van der Waals surface area contributed by atoms with Crippen LogP contribution in [-0.2, 0) is 0 Å². The van der Waals surface area contributed by atoms with Gasteiger partial charge in [-0.05, 0) is 62.9 Å². The topological polar surface area (TPSA) is 64.7 Å². The molecule has 0 amide bonds. The number of pyridine rings is 1. The van der Waals surface area contributed by atoms with Crippen LogP contribution in [0.15, 0.2) is 199 Å². The molecule has 5 nitrogen and oxygen atoms in total. The minimum absolute atomic E-state index is 0.513. The number of oxazole rings is 1.